The summed E-state index contributed by atoms with van der Waals surface area (Å²) in [6.07, 6.45) is 0.779. The van der Waals surface area contributed by atoms with Gasteiger partial charge < -0.3 is 9.30 Å². The molecule has 0 amide bonds. The molecular weight excluding hydrogens is 336 g/mol. The summed E-state index contributed by atoms with van der Waals surface area (Å²) in [5.74, 6) is 0.350. The number of aryl methyl sites for hydroxylation is 1. The standard InChI is InChI=1S/C23H24N2O2/c1-17(2)23(26)27-16-22-24-18(3)21(14-19-10-6-4-7-11-19)25(22)15-20-12-8-5-9-13-20/h4-13H,1,14-16H2,2-3H3. The first-order chi connectivity index (χ1) is 13.0. The minimum Gasteiger partial charge on any atom is -0.454 e. The normalized spacial score (nSPS) is 10.6. The molecule has 0 aliphatic heterocycles. The van der Waals surface area contributed by atoms with E-state index in [-0.39, 0.29) is 6.61 Å². The maximum Gasteiger partial charge on any atom is 0.333 e. The predicted molar refractivity (Wildman–Crippen MR) is 106 cm³/mol. The van der Waals surface area contributed by atoms with Crippen LogP contribution in [0.5, 0.6) is 0 Å². The molecule has 0 aliphatic rings. The number of hydrogen-bond acceptors (Lipinski definition) is 3. The summed E-state index contributed by atoms with van der Waals surface area (Å²) in [6.45, 7) is 8.10. The van der Waals surface area contributed by atoms with Crippen molar-refractivity contribution in [1.82, 2.24) is 9.55 Å². The number of esters is 1. The molecule has 0 saturated heterocycles. The van der Waals surface area contributed by atoms with Gasteiger partial charge in [0.1, 0.15) is 12.4 Å². The molecule has 4 nitrogen and oxygen atoms in total. The zero-order valence-corrected chi connectivity index (χ0v) is 15.8. The molecule has 0 saturated carbocycles. The Morgan fingerprint density at radius 1 is 1.04 bits per heavy atom. The lowest BCUT2D eigenvalue weighted by molar-refractivity contribution is -0.140. The zero-order chi connectivity index (χ0) is 19.2. The van der Waals surface area contributed by atoms with Crippen LogP contribution in [0.4, 0.5) is 0 Å². The SMILES string of the molecule is C=C(C)C(=O)OCc1nc(C)c(Cc2ccccc2)n1Cc1ccccc1. The van der Waals surface area contributed by atoms with Crippen molar-refractivity contribution >= 4 is 5.97 Å². The third-order valence-corrected chi connectivity index (χ3v) is 4.43. The van der Waals surface area contributed by atoms with Gasteiger partial charge in [-0.2, -0.15) is 0 Å². The molecule has 0 radical (unpaired) electrons. The number of nitrogens with zero attached hydrogens (tertiary/aromatic N) is 2. The van der Waals surface area contributed by atoms with Crippen molar-refractivity contribution in [3.63, 3.8) is 0 Å². The third-order valence-electron chi connectivity index (χ3n) is 4.43. The van der Waals surface area contributed by atoms with Crippen molar-refractivity contribution in [2.45, 2.75) is 33.4 Å². The van der Waals surface area contributed by atoms with Crippen LogP contribution in [-0.4, -0.2) is 15.5 Å². The maximum atomic E-state index is 11.8. The van der Waals surface area contributed by atoms with Gasteiger partial charge in [-0.15, -0.1) is 0 Å². The molecule has 0 aliphatic carbocycles. The quantitative estimate of drug-likeness (QED) is 0.462. The number of imidazole rings is 1. The molecule has 0 N–H and O–H groups in total. The van der Waals surface area contributed by atoms with Crippen LogP contribution in [0.1, 0.15) is 35.3 Å². The lowest BCUT2D eigenvalue weighted by Gasteiger charge is -2.13. The van der Waals surface area contributed by atoms with Crippen LogP contribution in [0.3, 0.4) is 0 Å². The van der Waals surface area contributed by atoms with Gasteiger partial charge in [0.15, 0.2) is 0 Å². The molecule has 0 atom stereocenters. The molecule has 4 heteroatoms. The number of ether oxygens (including phenoxy) is 1. The Labute approximate surface area is 160 Å². The summed E-state index contributed by atoms with van der Waals surface area (Å²) < 4.78 is 7.52. The number of carbonyl (C=O) groups excluding carboxylic acids is 1. The van der Waals surface area contributed by atoms with Crippen molar-refractivity contribution in [2.24, 2.45) is 0 Å². The molecular formula is C23H24N2O2. The Balaban J connectivity index is 1.93. The first-order valence-electron chi connectivity index (χ1n) is 9.00. The highest BCUT2D eigenvalue weighted by Gasteiger charge is 2.17. The fourth-order valence-electron chi connectivity index (χ4n) is 3.00. The number of hydrogen-bond donors (Lipinski definition) is 0. The van der Waals surface area contributed by atoms with Crippen molar-refractivity contribution in [2.75, 3.05) is 0 Å². The highest BCUT2D eigenvalue weighted by molar-refractivity contribution is 5.86. The van der Waals surface area contributed by atoms with E-state index in [0.717, 1.165) is 23.6 Å². The second-order valence-corrected chi connectivity index (χ2v) is 6.65. The minimum absolute atomic E-state index is 0.133. The molecule has 0 unspecified atom stereocenters. The van der Waals surface area contributed by atoms with Crippen molar-refractivity contribution < 1.29 is 9.53 Å². The van der Waals surface area contributed by atoms with Crippen LogP contribution in [0.2, 0.25) is 0 Å². The summed E-state index contributed by atoms with van der Waals surface area (Å²) in [7, 11) is 0. The average molecular weight is 360 g/mol. The van der Waals surface area contributed by atoms with Crippen LogP contribution in [-0.2, 0) is 29.1 Å². The van der Waals surface area contributed by atoms with E-state index in [0.29, 0.717) is 12.1 Å². The van der Waals surface area contributed by atoms with Gasteiger partial charge in [0.2, 0.25) is 0 Å². The summed E-state index contributed by atoms with van der Waals surface area (Å²) >= 11 is 0. The molecule has 138 valence electrons. The first-order valence-corrected chi connectivity index (χ1v) is 9.00. The van der Waals surface area contributed by atoms with Crippen molar-refractivity contribution in [3.8, 4) is 0 Å². The smallest absolute Gasteiger partial charge is 0.333 e. The molecule has 0 bridgehead atoms. The topological polar surface area (TPSA) is 44.1 Å². The molecule has 0 spiro atoms. The largest absolute Gasteiger partial charge is 0.454 e. The van der Waals surface area contributed by atoms with Gasteiger partial charge in [0.05, 0.1) is 5.69 Å². The summed E-state index contributed by atoms with van der Waals surface area (Å²) in [6, 6.07) is 20.5. The maximum absolute atomic E-state index is 11.8. The first kappa shape index (κ1) is 18.6. The molecule has 3 aromatic rings. The summed E-state index contributed by atoms with van der Waals surface area (Å²) in [4.78, 5) is 16.5. The van der Waals surface area contributed by atoms with Crippen LogP contribution in [0.25, 0.3) is 0 Å². The predicted octanol–water partition coefficient (Wildman–Crippen LogP) is 4.45. The number of aromatic nitrogens is 2. The van der Waals surface area contributed by atoms with Gasteiger partial charge in [-0.05, 0) is 25.0 Å². The molecule has 1 heterocycles. The van der Waals surface area contributed by atoms with Gasteiger partial charge in [0, 0.05) is 24.2 Å². The minimum atomic E-state index is -0.397. The number of rotatable bonds is 7. The van der Waals surface area contributed by atoms with Gasteiger partial charge in [-0.3, -0.25) is 0 Å². The van der Waals surface area contributed by atoms with Crippen molar-refractivity contribution in [3.05, 3.63) is 101 Å². The van der Waals surface area contributed by atoms with E-state index in [1.807, 2.05) is 43.3 Å². The van der Waals surface area contributed by atoms with E-state index in [9.17, 15) is 4.79 Å². The fourth-order valence-corrected chi connectivity index (χ4v) is 3.00. The van der Waals surface area contributed by atoms with E-state index in [4.69, 9.17) is 9.72 Å². The Hall–Kier alpha value is -3.14. The van der Waals surface area contributed by atoms with E-state index < -0.39 is 5.97 Å². The fraction of sp³-hybridized carbons (Fsp3) is 0.217. The van der Waals surface area contributed by atoms with Crippen LogP contribution >= 0.6 is 0 Å². The molecule has 0 fully saturated rings. The van der Waals surface area contributed by atoms with Crippen LogP contribution in [0, 0.1) is 6.92 Å². The van der Waals surface area contributed by atoms with Crippen molar-refractivity contribution in [1.29, 1.82) is 0 Å². The number of benzene rings is 2. The molecule has 27 heavy (non-hydrogen) atoms. The van der Waals surface area contributed by atoms with Gasteiger partial charge in [0.25, 0.3) is 0 Å². The zero-order valence-electron chi connectivity index (χ0n) is 15.8. The van der Waals surface area contributed by atoms with Gasteiger partial charge in [-0.25, -0.2) is 9.78 Å². The molecule has 2 aromatic carbocycles. The second-order valence-electron chi connectivity index (χ2n) is 6.65. The van der Waals surface area contributed by atoms with E-state index in [2.05, 4.69) is 35.4 Å². The van der Waals surface area contributed by atoms with E-state index in [1.165, 1.54) is 11.1 Å². The third kappa shape index (κ3) is 4.73. The van der Waals surface area contributed by atoms with E-state index >= 15 is 0 Å². The molecule has 3 rings (SSSR count). The number of carbonyl (C=O) groups is 1. The summed E-state index contributed by atoms with van der Waals surface area (Å²) in [5.41, 5.74) is 4.87. The molecule has 1 aromatic heterocycles. The highest BCUT2D eigenvalue weighted by atomic mass is 16.5. The Morgan fingerprint density at radius 2 is 1.63 bits per heavy atom. The van der Waals surface area contributed by atoms with Gasteiger partial charge in [-0.1, -0.05) is 67.2 Å². The van der Waals surface area contributed by atoms with Crippen LogP contribution < -0.4 is 0 Å². The monoisotopic (exact) mass is 360 g/mol. The second kappa shape index (κ2) is 8.49. The summed E-state index contributed by atoms with van der Waals surface area (Å²) in [5, 5.41) is 0. The Bertz CT molecular complexity index is 928. The highest BCUT2D eigenvalue weighted by Crippen LogP contribution is 2.19. The Kier molecular flexibility index (Phi) is 5.87. The Morgan fingerprint density at radius 3 is 2.22 bits per heavy atom. The van der Waals surface area contributed by atoms with Gasteiger partial charge >= 0.3 is 5.97 Å². The van der Waals surface area contributed by atoms with E-state index in [1.54, 1.807) is 6.92 Å². The lowest BCUT2D eigenvalue weighted by Crippen LogP contribution is -2.13. The average Bonchev–Trinajstić information content (AvgIpc) is 2.96. The lowest BCUT2D eigenvalue weighted by atomic mass is 10.1. The van der Waals surface area contributed by atoms with Crippen LogP contribution in [0.15, 0.2) is 72.8 Å².